The minimum atomic E-state index is -0.241. The van der Waals surface area contributed by atoms with Gasteiger partial charge in [-0.3, -0.25) is 0 Å². The van der Waals surface area contributed by atoms with E-state index in [0.717, 1.165) is 23.4 Å². The van der Waals surface area contributed by atoms with Gasteiger partial charge in [0, 0.05) is 25.2 Å². The number of aromatic nitrogens is 3. The number of fused-ring (bicyclic) bond motifs is 1. The molecule has 0 saturated carbocycles. The van der Waals surface area contributed by atoms with E-state index in [4.69, 9.17) is 5.73 Å². The molecule has 0 radical (unpaired) electrons. The topological polar surface area (TPSA) is 56.7 Å². The molecule has 0 unspecified atom stereocenters. The highest BCUT2D eigenvalue weighted by Crippen LogP contribution is 2.15. The van der Waals surface area contributed by atoms with E-state index in [9.17, 15) is 0 Å². The fourth-order valence-corrected chi connectivity index (χ4v) is 1.64. The Labute approximate surface area is 89.1 Å². The summed E-state index contributed by atoms with van der Waals surface area (Å²) < 4.78 is 2.00. The molecule has 0 amide bonds. The van der Waals surface area contributed by atoms with Crippen LogP contribution in [0, 0.1) is 0 Å². The van der Waals surface area contributed by atoms with Gasteiger partial charge in [-0.2, -0.15) is 0 Å². The summed E-state index contributed by atoms with van der Waals surface area (Å²) >= 11 is 0. The molecule has 0 aromatic carbocycles. The summed E-state index contributed by atoms with van der Waals surface area (Å²) in [7, 11) is 1.98. The first-order valence-electron chi connectivity index (χ1n) is 5.02. The molecule has 0 spiro atoms. The maximum Gasteiger partial charge on any atom is 0.159 e. The number of imidazole rings is 1. The number of pyridine rings is 1. The van der Waals surface area contributed by atoms with Crippen LogP contribution in [0.4, 0.5) is 0 Å². The second kappa shape index (κ2) is 3.31. The molecule has 2 heterocycles. The Morgan fingerprint density at radius 2 is 2.20 bits per heavy atom. The Balaban J connectivity index is 2.49. The number of nitrogens with zero attached hydrogens (tertiary/aromatic N) is 3. The third kappa shape index (κ3) is 1.99. The van der Waals surface area contributed by atoms with E-state index in [-0.39, 0.29) is 5.54 Å². The Kier molecular flexibility index (Phi) is 2.23. The van der Waals surface area contributed by atoms with Crippen LogP contribution >= 0.6 is 0 Å². The third-order valence-corrected chi connectivity index (χ3v) is 2.33. The molecule has 2 aromatic rings. The molecule has 0 aliphatic rings. The van der Waals surface area contributed by atoms with Crippen LogP contribution in [0.5, 0.6) is 0 Å². The first kappa shape index (κ1) is 10.1. The van der Waals surface area contributed by atoms with Gasteiger partial charge in [-0.05, 0) is 26.0 Å². The van der Waals surface area contributed by atoms with Gasteiger partial charge in [0.05, 0.1) is 0 Å². The zero-order chi connectivity index (χ0) is 11.1. The van der Waals surface area contributed by atoms with Crippen LogP contribution in [-0.2, 0) is 13.5 Å². The second-order valence-corrected chi connectivity index (χ2v) is 4.60. The van der Waals surface area contributed by atoms with Crippen LogP contribution in [0.25, 0.3) is 11.2 Å². The zero-order valence-corrected chi connectivity index (χ0v) is 9.36. The molecule has 0 aliphatic heterocycles. The number of hydrogen-bond donors (Lipinski definition) is 1. The molecule has 80 valence electrons. The summed E-state index contributed by atoms with van der Waals surface area (Å²) in [6.07, 6.45) is 2.53. The molecule has 0 fully saturated rings. The molecule has 4 nitrogen and oxygen atoms in total. The van der Waals surface area contributed by atoms with E-state index < -0.39 is 0 Å². The fourth-order valence-electron chi connectivity index (χ4n) is 1.64. The number of nitrogens with two attached hydrogens (primary N) is 1. The number of hydrogen-bond acceptors (Lipinski definition) is 3. The summed E-state index contributed by atoms with van der Waals surface area (Å²) in [5.74, 6) is 0.983. The molecule has 4 heteroatoms. The van der Waals surface area contributed by atoms with Gasteiger partial charge in [0.25, 0.3) is 0 Å². The lowest BCUT2D eigenvalue weighted by molar-refractivity contribution is 0.495. The summed E-state index contributed by atoms with van der Waals surface area (Å²) in [6.45, 7) is 4.00. The predicted octanol–water partition coefficient (Wildman–Crippen LogP) is 1.25. The van der Waals surface area contributed by atoms with Crippen LogP contribution in [-0.4, -0.2) is 20.1 Å². The highest BCUT2D eigenvalue weighted by molar-refractivity contribution is 5.70. The predicted molar refractivity (Wildman–Crippen MR) is 60.5 cm³/mol. The van der Waals surface area contributed by atoms with Crippen molar-refractivity contribution in [1.82, 2.24) is 14.5 Å². The van der Waals surface area contributed by atoms with Crippen LogP contribution in [0.3, 0.4) is 0 Å². The van der Waals surface area contributed by atoms with Crippen molar-refractivity contribution in [3.05, 3.63) is 24.2 Å². The molecule has 0 bridgehead atoms. The maximum atomic E-state index is 5.98. The SMILES string of the molecule is Cn1c(CC(C)(C)N)nc2cccnc21. The second-order valence-electron chi connectivity index (χ2n) is 4.60. The van der Waals surface area contributed by atoms with E-state index in [2.05, 4.69) is 9.97 Å². The van der Waals surface area contributed by atoms with Crippen LogP contribution in [0.15, 0.2) is 18.3 Å². The molecule has 0 aliphatic carbocycles. The molecule has 2 rings (SSSR count). The summed E-state index contributed by atoms with van der Waals surface area (Å²) in [6, 6.07) is 3.86. The highest BCUT2D eigenvalue weighted by atomic mass is 15.1. The van der Waals surface area contributed by atoms with Crippen molar-refractivity contribution >= 4 is 11.2 Å². The maximum absolute atomic E-state index is 5.98. The Morgan fingerprint density at radius 1 is 1.47 bits per heavy atom. The first-order chi connectivity index (χ1) is 6.97. The van der Waals surface area contributed by atoms with Gasteiger partial charge in [0.1, 0.15) is 11.3 Å². The third-order valence-electron chi connectivity index (χ3n) is 2.33. The van der Waals surface area contributed by atoms with E-state index in [1.807, 2.05) is 37.6 Å². The smallest absolute Gasteiger partial charge is 0.159 e. The van der Waals surface area contributed by atoms with E-state index in [0.29, 0.717) is 0 Å². The molecule has 2 aromatic heterocycles. The molecule has 15 heavy (non-hydrogen) atoms. The largest absolute Gasteiger partial charge is 0.325 e. The summed E-state index contributed by atoms with van der Waals surface area (Å²) in [5, 5.41) is 0. The Morgan fingerprint density at radius 3 is 2.80 bits per heavy atom. The average Bonchev–Trinajstić information content (AvgIpc) is 2.42. The van der Waals surface area contributed by atoms with Crippen LogP contribution < -0.4 is 5.73 Å². The van der Waals surface area contributed by atoms with Gasteiger partial charge in [-0.25, -0.2) is 9.97 Å². The quantitative estimate of drug-likeness (QED) is 0.801. The number of rotatable bonds is 2. The van der Waals surface area contributed by atoms with E-state index in [1.54, 1.807) is 6.20 Å². The Hall–Kier alpha value is -1.42. The highest BCUT2D eigenvalue weighted by Gasteiger charge is 2.16. The fraction of sp³-hybridized carbons (Fsp3) is 0.455. The van der Waals surface area contributed by atoms with Crippen molar-refractivity contribution in [2.45, 2.75) is 25.8 Å². The van der Waals surface area contributed by atoms with Crippen molar-refractivity contribution in [2.24, 2.45) is 12.8 Å². The monoisotopic (exact) mass is 204 g/mol. The lowest BCUT2D eigenvalue weighted by Gasteiger charge is -2.17. The molecule has 0 atom stereocenters. The van der Waals surface area contributed by atoms with Gasteiger partial charge in [0.2, 0.25) is 0 Å². The van der Waals surface area contributed by atoms with Crippen molar-refractivity contribution in [3.8, 4) is 0 Å². The summed E-state index contributed by atoms with van der Waals surface area (Å²) in [5.41, 5.74) is 7.59. The Bertz CT molecular complexity index is 479. The lowest BCUT2D eigenvalue weighted by Crippen LogP contribution is -2.35. The molecular formula is C11H16N4. The van der Waals surface area contributed by atoms with Gasteiger partial charge >= 0.3 is 0 Å². The molecule has 2 N–H and O–H groups in total. The van der Waals surface area contributed by atoms with Crippen molar-refractivity contribution < 1.29 is 0 Å². The molecule has 0 saturated heterocycles. The van der Waals surface area contributed by atoms with Crippen LogP contribution in [0.1, 0.15) is 19.7 Å². The molecular weight excluding hydrogens is 188 g/mol. The minimum Gasteiger partial charge on any atom is -0.325 e. The van der Waals surface area contributed by atoms with Crippen molar-refractivity contribution in [3.63, 3.8) is 0 Å². The van der Waals surface area contributed by atoms with E-state index >= 15 is 0 Å². The van der Waals surface area contributed by atoms with Crippen LogP contribution in [0.2, 0.25) is 0 Å². The van der Waals surface area contributed by atoms with Gasteiger partial charge in [-0.15, -0.1) is 0 Å². The normalized spacial score (nSPS) is 12.3. The first-order valence-corrected chi connectivity index (χ1v) is 5.02. The zero-order valence-electron chi connectivity index (χ0n) is 9.36. The summed E-state index contributed by atoms with van der Waals surface area (Å²) in [4.78, 5) is 8.81. The van der Waals surface area contributed by atoms with Gasteiger partial charge in [-0.1, -0.05) is 0 Å². The number of aryl methyl sites for hydroxylation is 1. The van der Waals surface area contributed by atoms with E-state index in [1.165, 1.54) is 0 Å². The minimum absolute atomic E-state index is 0.241. The van der Waals surface area contributed by atoms with Crippen molar-refractivity contribution in [2.75, 3.05) is 0 Å². The van der Waals surface area contributed by atoms with Gasteiger partial charge < -0.3 is 10.3 Å². The van der Waals surface area contributed by atoms with Gasteiger partial charge in [0.15, 0.2) is 5.65 Å². The lowest BCUT2D eigenvalue weighted by atomic mass is 10.0. The standard InChI is InChI=1S/C11H16N4/c1-11(2,12)7-9-14-8-5-4-6-13-10(8)15(9)3/h4-6H,7,12H2,1-3H3. The average molecular weight is 204 g/mol. The van der Waals surface area contributed by atoms with Crippen molar-refractivity contribution in [1.29, 1.82) is 0 Å².